The zero-order chi connectivity index (χ0) is 19.2. The molecule has 0 aliphatic rings. The van der Waals surface area contributed by atoms with Gasteiger partial charge < -0.3 is 15.0 Å². The van der Waals surface area contributed by atoms with E-state index in [2.05, 4.69) is 22.4 Å². The number of pyridine rings is 1. The Labute approximate surface area is 159 Å². The predicted octanol–water partition coefficient (Wildman–Crippen LogP) is 4.22. The van der Waals surface area contributed by atoms with Gasteiger partial charge in [-0.05, 0) is 42.3 Å². The molecule has 0 fully saturated rings. The molecule has 0 saturated heterocycles. The monoisotopic (exact) mass is 361 g/mol. The largest absolute Gasteiger partial charge is 0.481 e. The Balaban J connectivity index is 1.59. The van der Waals surface area contributed by atoms with E-state index >= 15 is 0 Å². The number of carbonyl (C=O) groups is 1. The fourth-order valence-corrected chi connectivity index (χ4v) is 2.58. The summed E-state index contributed by atoms with van der Waals surface area (Å²) >= 11 is 0. The lowest BCUT2D eigenvalue weighted by atomic mass is 10.1. The number of benzene rings is 2. The Morgan fingerprint density at radius 2 is 1.63 bits per heavy atom. The molecular formula is C22H23N3O2. The standard InChI is InChI=1S/C22H23N3O2/c1-16(22(26)24-19-11-14-21(23-15-19)25(2)3)27-20-12-9-18(10-13-20)17-7-5-4-6-8-17/h4-16H,1-3H3,(H,24,26)/t16-/m1/s1. The minimum Gasteiger partial charge on any atom is -0.481 e. The Morgan fingerprint density at radius 1 is 0.963 bits per heavy atom. The molecule has 1 N–H and O–H groups in total. The summed E-state index contributed by atoms with van der Waals surface area (Å²) in [5, 5.41) is 2.82. The van der Waals surface area contributed by atoms with E-state index in [0.29, 0.717) is 11.4 Å². The molecule has 1 aromatic heterocycles. The molecule has 3 rings (SSSR count). The lowest BCUT2D eigenvalue weighted by Crippen LogP contribution is -2.30. The quantitative estimate of drug-likeness (QED) is 0.714. The van der Waals surface area contributed by atoms with Crippen LogP contribution in [0.2, 0.25) is 0 Å². The first-order valence-corrected chi connectivity index (χ1v) is 8.79. The summed E-state index contributed by atoms with van der Waals surface area (Å²) in [6.45, 7) is 1.72. The Hall–Kier alpha value is -3.34. The highest BCUT2D eigenvalue weighted by Crippen LogP contribution is 2.23. The van der Waals surface area contributed by atoms with E-state index in [4.69, 9.17) is 4.74 Å². The van der Waals surface area contributed by atoms with Gasteiger partial charge in [0.1, 0.15) is 11.6 Å². The van der Waals surface area contributed by atoms with Gasteiger partial charge in [0, 0.05) is 14.1 Å². The van der Waals surface area contributed by atoms with Gasteiger partial charge in [-0.1, -0.05) is 42.5 Å². The first kappa shape index (κ1) is 18.5. The van der Waals surface area contributed by atoms with Gasteiger partial charge in [0.2, 0.25) is 0 Å². The smallest absolute Gasteiger partial charge is 0.265 e. The Morgan fingerprint density at radius 3 is 2.22 bits per heavy atom. The van der Waals surface area contributed by atoms with Crippen LogP contribution in [0.5, 0.6) is 5.75 Å². The number of amides is 1. The third kappa shape index (κ3) is 4.85. The van der Waals surface area contributed by atoms with E-state index in [1.807, 2.05) is 73.6 Å². The van der Waals surface area contributed by atoms with Crippen LogP contribution in [0.15, 0.2) is 72.9 Å². The van der Waals surface area contributed by atoms with Crippen molar-refractivity contribution in [2.45, 2.75) is 13.0 Å². The number of carbonyl (C=O) groups excluding carboxylic acids is 1. The molecule has 0 aliphatic heterocycles. The van der Waals surface area contributed by atoms with Crippen molar-refractivity contribution in [2.75, 3.05) is 24.3 Å². The van der Waals surface area contributed by atoms with Crippen molar-refractivity contribution in [3.63, 3.8) is 0 Å². The van der Waals surface area contributed by atoms with Gasteiger partial charge in [-0.15, -0.1) is 0 Å². The second-order valence-corrected chi connectivity index (χ2v) is 6.44. The number of anilines is 2. The number of hydrogen-bond acceptors (Lipinski definition) is 4. The summed E-state index contributed by atoms with van der Waals surface area (Å²) < 4.78 is 5.76. The van der Waals surface area contributed by atoms with E-state index in [1.165, 1.54) is 0 Å². The lowest BCUT2D eigenvalue weighted by molar-refractivity contribution is -0.122. The number of ether oxygens (including phenoxy) is 1. The molecule has 5 nitrogen and oxygen atoms in total. The minimum absolute atomic E-state index is 0.221. The lowest BCUT2D eigenvalue weighted by Gasteiger charge is -2.16. The Kier molecular flexibility index (Phi) is 5.71. The van der Waals surface area contributed by atoms with Crippen LogP contribution in [0.1, 0.15) is 6.92 Å². The highest BCUT2D eigenvalue weighted by Gasteiger charge is 2.15. The maximum absolute atomic E-state index is 12.3. The average molecular weight is 361 g/mol. The van der Waals surface area contributed by atoms with E-state index in [9.17, 15) is 4.79 Å². The van der Waals surface area contributed by atoms with Gasteiger partial charge in [0.05, 0.1) is 11.9 Å². The molecule has 5 heteroatoms. The zero-order valence-electron chi connectivity index (χ0n) is 15.7. The van der Waals surface area contributed by atoms with Crippen molar-refractivity contribution >= 4 is 17.4 Å². The van der Waals surface area contributed by atoms with Crippen LogP contribution in [-0.2, 0) is 4.79 Å². The Bertz CT molecular complexity index is 876. The normalized spacial score (nSPS) is 11.5. The maximum atomic E-state index is 12.3. The van der Waals surface area contributed by atoms with Crippen molar-refractivity contribution in [3.8, 4) is 16.9 Å². The van der Waals surface area contributed by atoms with Crippen LogP contribution < -0.4 is 15.0 Å². The van der Waals surface area contributed by atoms with Gasteiger partial charge in [-0.2, -0.15) is 0 Å². The van der Waals surface area contributed by atoms with Gasteiger partial charge >= 0.3 is 0 Å². The summed E-state index contributed by atoms with van der Waals surface area (Å²) in [4.78, 5) is 18.5. The molecule has 2 aromatic carbocycles. The van der Waals surface area contributed by atoms with Crippen LogP contribution in [0, 0.1) is 0 Å². The van der Waals surface area contributed by atoms with Crippen molar-refractivity contribution in [1.82, 2.24) is 4.98 Å². The molecule has 0 spiro atoms. The number of hydrogen-bond donors (Lipinski definition) is 1. The average Bonchev–Trinajstić information content (AvgIpc) is 2.69. The molecule has 0 aliphatic carbocycles. The summed E-state index contributed by atoms with van der Waals surface area (Å²) in [5.74, 6) is 1.26. The van der Waals surface area contributed by atoms with E-state index in [-0.39, 0.29) is 5.91 Å². The summed E-state index contributed by atoms with van der Waals surface area (Å²) in [5.41, 5.74) is 2.89. The molecule has 1 atom stereocenters. The molecule has 27 heavy (non-hydrogen) atoms. The van der Waals surface area contributed by atoms with Crippen LogP contribution in [0.3, 0.4) is 0 Å². The molecular weight excluding hydrogens is 338 g/mol. The summed E-state index contributed by atoms with van der Waals surface area (Å²) in [6.07, 6.45) is 1.01. The number of nitrogens with zero attached hydrogens (tertiary/aromatic N) is 2. The van der Waals surface area contributed by atoms with Gasteiger partial charge in [0.15, 0.2) is 6.10 Å². The van der Waals surface area contributed by atoms with Crippen LogP contribution in [0.25, 0.3) is 11.1 Å². The van der Waals surface area contributed by atoms with Crippen LogP contribution in [-0.4, -0.2) is 31.1 Å². The van der Waals surface area contributed by atoms with Gasteiger partial charge in [-0.25, -0.2) is 4.98 Å². The van der Waals surface area contributed by atoms with Crippen LogP contribution in [0.4, 0.5) is 11.5 Å². The van der Waals surface area contributed by atoms with Crippen molar-refractivity contribution in [2.24, 2.45) is 0 Å². The van der Waals surface area contributed by atoms with Crippen molar-refractivity contribution < 1.29 is 9.53 Å². The fraction of sp³-hybridized carbons (Fsp3) is 0.182. The molecule has 0 unspecified atom stereocenters. The zero-order valence-corrected chi connectivity index (χ0v) is 15.7. The molecule has 0 bridgehead atoms. The summed E-state index contributed by atoms with van der Waals surface area (Å²) in [6, 6.07) is 21.5. The first-order valence-electron chi connectivity index (χ1n) is 8.79. The molecule has 138 valence electrons. The molecule has 0 saturated carbocycles. The topological polar surface area (TPSA) is 54.5 Å². The highest BCUT2D eigenvalue weighted by molar-refractivity contribution is 5.94. The SMILES string of the molecule is C[C@@H](Oc1ccc(-c2ccccc2)cc1)C(=O)Nc1ccc(N(C)C)nc1. The van der Waals surface area contributed by atoms with Gasteiger partial charge in [-0.3, -0.25) is 4.79 Å². The van der Waals surface area contributed by atoms with Crippen LogP contribution >= 0.6 is 0 Å². The second kappa shape index (κ2) is 8.36. The number of nitrogens with one attached hydrogen (secondary N) is 1. The molecule has 1 heterocycles. The van der Waals surface area contributed by atoms with Crippen molar-refractivity contribution in [3.05, 3.63) is 72.9 Å². The van der Waals surface area contributed by atoms with E-state index in [1.54, 1.807) is 13.1 Å². The number of rotatable bonds is 6. The fourth-order valence-electron chi connectivity index (χ4n) is 2.58. The number of aromatic nitrogens is 1. The van der Waals surface area contributed by atoms with E-state index < -0.39 is 6.10 Å². The third-order valence-corrected chi connectivity index (χ3v) is 4.12. The van der Waals surface area contributed by atoms with Gasteiger partial charge in [0.25, 0.3) is 5.91 Å². The second-order valence-electron chi connectivity index (χ2n) is 6.44. The van der Waals surface area contributed by atoms with E-state index in [0.717, 1.165) is 16.9 Å². The summed E-state index contributed by atoms with van der Waals surface area (Å²) in [7, 11) is 3.83. The highest BCUT2D eigenvalue weighted by atomic mass is 16.5. The predicted molar refractivity (Wildman–Crippen MR) is 109 cm³/mol. The van der Waals surface area contributed by atoms with Crippen molar-refractivity contribution in [1.29, 1.82) is 0 Å². The maximum Gasteiger partial charge on any atom is 0.265 e. The minimum atomic E-state index is -0.624. The molecule has 1 amide bonds. The molecule has 3 aromatic rings. The molecule has 0 radical (unpaired) electrons. The third-order valence-electron chi connectivity index (χ3n) is 4.12. The first-order chi connectivity index (χ1) is 13.0.